The van der Waals surface area contributed by atoms with Gasteiger partial charge in [0.15, 0.2) is 5.82 Å². The molecule has 100 valence electrons. The first-order valence-corrected chi connectivity index (χ1v) is 7.31. The van der Waals surface area contributed by atoms with Crippen molar-refractivity contribution in [2.24, 2.45) is 0 Å². The average molecular weight is 277 g/mol. The maximum atomic E-state index is 11.9. The number of nitrogens with one attached hydrogen (secondary N) is 1. The Labute approximate surface area is 114 Å². The second-order valence-electron chi connectivity index (χ2n) is 4.64. The zero-order valence-electron chi connectivity index (χ0n) is 10.5. The van der Waals surface area contributed by atoms with Crippen LogP contribution in [0.15, 0.2) is 17.5 Å². The van der Waals surface area contributed by atoms with Gasteiger partial charge in [-0.2, -0.15) is 0 Å². The Bertz CT molecular complexity index is 544. The standard InChI is InChI=1S/C12H15N5OS/c18-12(10-6-3-7-19-10)13-8-11-14-15-16-17(11)9-4-1-2-5-9/h3,6-7,9H,1-2,4-5,8H2,(H,13,18). The lowest BCUT2D eigenvalue weighted by atomic mass is 10.2. The summed E-state index contributed by atoms with van der Waals surface area (Å²) in [5.74, 6) is 0.660. The summed E-state index contributed by atoms with van der Waals surface area (Å²) in [4.78, 5) is 12.6. The topological polar surface area (TPSA) is 72.7 Å². The minimum atomic E-state index is -0.0732. The van der Waals surface area contributed by atoms with Gasteiger partial charge in [0, 0.05) is 0 Å². The summed E-state index contributed by atoms with van der Waals surface area (Å²) in [7, 11) is 0. The Morgan fingerprint density at radius 2 is 2.32 bits per heavy atom. The van der Waals surface area contributed by atoms with Crippen LogP contribution >= 0.6 is 11.3 Å². The van der Waals surface area contributed by atoms with Gasteiger partial charge < -0.3 is 5.32 Å². The number of tetrazole rings is 1. The molecule has 0 spiro atoms. The second kappa shape index (κ2) is 5.48. The van der Waals surface area contributed by atoms with E-state index in [9.17, 15) is 4.79 Å². The Balaban J connectivity index is 1.64. The van der Waals surface area contributed by atoms with Gasteiger partial charge in [0.05, 0.1) is 17.5 Å². The number of amides is 1. The summed E-state index contributed by atoms with van der Waals surface area (Å²) in [5.41, 5.74) is 0. The third-order valence-electron chi connectivity index (χ3n) is 3.38. The molecular weight excluding hydrogens is 262 g/mol. The normalized spacial score (nSPS) is 15.8. The van der Waals surface area contributed by atoms with Crippen LogP contribution in [0.1, 0.15) is 47.2 Å². The molecule has 6 nitrogen and oxygen atoms in total. The number of carbonyl (C=O) groups is 1. The van der Waals surface area contributed by atoms with Gasteiger partial charge in [0.25, 0.3) is 5.91 Å². The Morgan fingerprint density at radius 3 is 3.05 bits per heavy atom. The maximum Gasteiger partial charge on any atom is 0.261 e. The second-order valence-corrected chi connectivity index (χ2v) is 5.59. The summed E-state index contributed by atoms with van der Waals surface area (Å²) in [6.07, 6.45) is 4.70. The summed E-state index contributed by atoms with van der Waals surface area (Å²) in [5, 5.41) is 16.5. The molecule has 3 rings (SSSR count). The van der Waals surface area contributed by atoms with Gasteiger partial charge in [0.2, 0.25) is 0 Å². The monoisotopic (exact) mass is 277 g/mol. The number of nitrogens with zero attached hydrogens (tertiary/aromatic N) is 4. The highest BCUT2D eigenvalue weighted by Gasteiger charge is 2.21. The number of hydrogen-bond donors (Lipinski definition) is 1. The molecule has 0 saturated heterocycles. The smallest absolute Gasteiger partial charge is 0.261 e. The van der Waals surface area contributed by atoms with Gasteiger partial charge >= 0.3 is 0 Å². The lowest BCUT2D eigenvalue weighted by Crippen LogP contribution is -2.25. The van der Waals surface area contributed by atoms with Gasteiger partial charge in [-0.25, -0.2) is 4.68 Å². The molecule has 0 bridgehead atoms. The maximum absolute atomic E-state index is 11.9. The van der Waals surface area contributed by atoms with Crippen molar-refractivity contribution in [3.63, 3.8) is 0 Å². The van der Waals surface area contributed by atoms with Crippen molar-refractivity contribution in [1.82, 2.24) is 25.5 Å². The fraction of sp³-hybridized carbons (Fsp3) is 0.500. The average Bonchev–Trinajstić information content (AvgIpc) is 3.14. The molecule has 1 saturated carbocycles. The third kappa shape index (κ3) is 2.65. The number of thiophene rings is 1. The highest BCUT2D eigenvalue weighted by molar-refractivity contribution is 7.12. The molecule has 7 heteroatoms. The molecule has 2 aromatic heterocycles. The van der Waals surface area contributed by atoms with E-state index in [1.54, 1.807) is 6.07 Å². The summed E-state index contributed by atoms with van der Waals surface area (Å²) < 4.78 is 1.86. The van der Waals surface area contributed by atoms with E-state index in [4.69, 9.17) is 0 Å². The fourth-order valence-electron chi connectivity index (χ4n) is 2.42. The van der Waals surface area contributed by atoms with Crippen molar-refractivity contribution in [3.8, 4) is 0 Å². The van der Waals surface area contributed by atoms with Crippen LogP contribution in [0, 0.1) is 0 Å². The number of aromatic nitrogens is 4. The van der Waals surface area contributed by atoms with Crippen LogP contribution in [0.5, 0.6) is 0 Å². The predicted molar refractivity (Wildman–Crippen MR) is 70.8 cm³/mol. The zero-order chi connectivity index (χ0) is 13.1. The molecule has 1 amide bonds. The van der Waals surface area contributed by atoms with E-state index in [2.05, 4.69) is 20.8 Å². The molecule has 1 aliphatic carbocycles. The number of hydrogen-bond acceptors (Lipinski definition) is 5. The van der Waals surface area contributed by atoms with Crippen molar-refractivity contribution in [1.29, 1.82) is 0 Å². The SMILES string of the molecule is O=C(NCc1nnnn1C1CCCC1)c1cccs1. The molecule has 2 heterocycles. The van der Waals surface area contributed by atoms with Gasteiger partial charge in [-0.15, -0.1) is 16.4 Å². The lowest BCUT2D eigenvalue weighted by molar-refractivity contribution is 0.0953. The van der Waals surface area contributed by atoms with E-state index in [0.717, 1.165) is 18.7 Å². The van der Waals surface area contributed by atoms with Gasteiger partial charge in [0.1, 0.15) is 0 Å². The van der Waals surface area contributed by atoms with E-state index in [0.29, 0.717) is 17.5 Å². The fourth-order valence-corrected chi connectivity index (χ4v) is 3.06. The van der Waals surface area contributed by atoms with E-state index in [-0.39, 0.29) is 5.91 Å². The van der Waals surface area contributed by atoms with Crippen molar-refractivity contribution >= 4 is 17.2 Å². The van der Waals surface area contributed by atoms with Crippen LogP contribution in [0.4, 0.5) is 0 Å². The summed E-state index contributed by atoms with van der Waals surface area (Å²) in [6.45, 7) is 0.375. The lowest BCUT2D eigenvalue weighted by Gasteiger charge is -2.11. The Kier molecular flexibility index (Phi) is 3.54. The Morgan fingerprint density at radius 1 is 1.47 bits per heavy atom. The molecule has 1 aliphatic rings. The van der Waals surface area contributed by atoms with Crippen LogP contribution in [-0.2, 0) is 6.54 Å². The van der Waals surface area contributed by atoms with Crippen LogP contribution in [0.25, 0.3) is 0 Å². The van der Waals surface area contributed by atoms with Gasteiger partial charge in [-0.3, -0.25) is 4.79 Å². The first-order chi connectivity index (χ1) is 9.34. The highest BCUT2D eigenvalue weighted by Crippen LogP contribution is 2.28. The molecule has 1 fully saturated rings. The highest BCUT2D eigenvalue weighted by atomic mass is 32.1. The van der Waals surface area contributed by atoms with Crippen LogP contribution in [0.2, 0.25) is 0 Å². The molecule has 0 aromatic carbocycles. The number of carbonyl (C=O) groups excluding carboxylic acids is 1. The van der Waals surface area contributed by atoms with Gasteiger partial charge in [-0.05, 0) is 34.7 Å². The molecule has 1 N–H and O–H groups in total. The largest absolute Gasteiger partial charge is 0.344 e. The van der Waals surface area contributed by atoms with Crippen LogP contribution < -0.4 is 5.32 Å². The van der Waals surface area contributed by atoms with E-state index < -0.39 is 0 Å². The molecule has 0 aliphatic heterocycles. The predicted octanol–water partition coefficient (Wildman–Crippen LogP) is 1.78. The van der Waals surface area contributed by atoms with Crippen molar-refractivity contribution in [2.75, 3.05) is 0 Å². The van der Waals surface area contributed by atoms with Gasteiger partial charge in [-0.1, -0.05) is 18.9 Å². The van der Waals surface area contributed by atoms with E-state index >= 15 is 0 Å². The minimum absolute atomic E-state index is 0.0732. The molecule has 0 atom stereocenters. The minimum Gasteiger partial charge on any atom is -0.344 e. The third-order valence-corrected chi connectivity index (χ3v) is 4.25. The zero-order valence-corrected chi connectivity index (χ0v) is 11.3. The first-order valence-electron chi connectivity index (χ1n) is 6.43. The molecular formula is C12H15N5OS. The van der Waals surface area contributed by atoms with E-state index in [1.165, 1.54) is 24.2 Å². The van der Waals surface area contributed by atoms with Crippen molar-refractivity contribution < 1.29 is 4.79 Å². The Hall–Kier alpha value is -1.76. The molecule has 2 aromatic rings. The first kappa shape index (κ1) is 12.3. The van der Waals surface area contributed by atoms with Crippen LogP contribution in [0.3, 0.4) is 0 Å². The summed E-state index contributed by atoms with van der Waals surface area (Å²) in [6, 6.07) is 4.06. The van der Waals surface area contributed by atoms with Crippen LogP contribution in [-0.4, -0.2) is 26.1 Å². The van der Waals surface area contributed by atoms with E-state index in [1.807, 2.05) is 16.1 Å². The summed E-state index contributed by atoms with van der Waals surface area (Å²) >= 11 is 1.43. The molecule has 0 unspecified atom stereocenters. The molecule has 0 radical (unpaired) electrons. The van der Waals surface area contributed by atoms with Crippen molar-refractivity contribution in [3.05, 3.63) is 28.2 Å². The quantitative estimate of drug-likeness (QED) is 0.924. The molecule has 19 heavy (non-hydrogen) atoms. The number of rotatable bonds is 4. The van der Waals surface area contributed by atoms with Crippen molar-refractivity contribution in [2.45, 2.75) is 38.3 Å².